The van der Waals surface area contributed by atoms with Crippen LogP contribution in [-0.4, -0.2) is 54.5 Å². The summed E-state index contributed by atoms with van der Waals surface area (Å²) in [6.07, 6.45) is 9.18. The molecule has 0 bridgehead atoms. The number of rotatable bonds is 6. The molecule has 6 rings (SSSR count). The van der Waals surface area contributed by atoms with Crippen LogP contribution in [0.3, 0.4) is 0 Å². The molecule has 2 aliphatic rings. The Morgan fingerprint density at radius 1 is 1.12 bits per heavy atom. The van der Waals surface area contributed by atoms with Crippen molar-refractivity contribution in [1.82, 2.24) is 34.7 Å². The minimum absolute atomic E-state index is 0.125. The highest BCUT2D eigenvalue weighted by Gasteiger charge is 2.44. The SMILES string of the molecule is CC(C)c1cnn2c(NCc3ccccc3-n3cccn3)nc(N3CCCC34CCNC4)nc12. The van der Waals surface area contributed by atoms with Gasteiger partial charge in [0.2, 0.25) is 11.9 Å². The molecular weight excluding hydrogens is 426 g/mol. The number of benzene rings is 1. The second-order valence-electron chi connectivity index (χ2n) is 9.68. The molecule has 176 valence electrons. The first kappa shape index (κ1) is 21.1. The van der Waals surface area contributed by atoms with Gasteiger partial charge in [-0.05, 0) is 49.4 Å². The molecule has 1 aromatic carbocycles. The van der Waals surface area contributed by atoms with E-state index in [1.807, 2.05) is 33.7 Å². The number of nitrogens with one attached hydrogen (secondary N) is 2. The summed E-state index contributed by atoms with van der Waals surface area (Å²) in [4.78, 5) is 12.5. The maximum Gasteiger partial charge on any atom is 0.231 e. The minimum Gasteiger partial charge on any atom is -0.350 e. The van der Waals surface area contributed by atoms with E-state index in [4.69, 9.17) is 9.97 Å². The number of hydrogen-bond acceptors (Lipinski definition) is 7. The van der Waals surface area contributed by atoms with Crippen molar-refractivity contribution in [2.75, 3.05) is 29.9 Å². The first-order chi connectivity index (χ1) is 16.6. The maximum absolute atomic E-state index is 5.06. The fourth-order valence-corrected chi connectivity index (χ4v) is 5.42. The first-order valence-electron chi connectivity index (χ1n) is 12.2. The van der Waals surface area contributed by atoms with E-state index in [9.17, 15) is 0 Å². The van der Waals surface area contributed by atoms with E-state index in [0.29, 0.717) is 12.5 Å². The predicted molar refractivity (Wildman–Crippen MR) is 133 cm³/mol. The molecule has 34 heavy (non-hydrogen) atoms. The summed E-state index contributed by atoms with van der Waals surface area (Å²) in [6, 6.07) is 10.2. The van der Waals surface area contributed by atoms with Gasteiger partial charge in [0.25, 0.3) is 0 Å². The molecule has 2 fully saturated rings. The van der Waals surface area contributed by atoms with Crippen molar-refractivity contribution in [3.63, 3.8) is 0 Å². The van der Waals surface area contributed by atoms with Crippen molar-refractivity contribution in [2.24, 2.45) is 0 Å². The Bertz CT molecular complexity index is 1280. The summed E-state index contributed by atoms with van der Waals surface area (Å²) >= 11 is 0. The zero-order valence-corrected chi connectivity index (χ0v) is 19.8. The van der Waals surface area contributed by atoms with Gasteiger partial charge in [-0.15, -0.1) is 0 Å². The molecule has 0 aliphatic carbocycles. The molecular formula is C25H31N9. The smallest absolute Gasteiger partial charge is 0.231 e. The van der Waals surface area contributed by atoms with Crippen molar-refractivity contribution in [3.05, 3.63) is 60.0 Å². The fraction of sp³-hybridized carbons (Fsp3) is 0.440. The van der Waals surface area contributed by atoms with Gasteiger partial charge in [0.15, 0.2) is 5.65 Å². The third-order valence-electron chi connectivity index (χ3n) is 7.24. The van der Waals surface area contributed by atoms with Gasteiger partial charge in [0, 0.05) is 37.6 Å². The van der Waals surface area contributed by atoms with Gasteiger partial charge >= 0.3 is 0 Å². The van der Waals surface area contributed by atoms with Gasteiger partial charge in [-0.3, -0.25) is 0 Å². The van der Waals surface area contributed by atoms with Crippen molar-refractivity contribution in [1.29, 1.82) is 0 Å². The maximum atomic E-state index is 5.06. The van der Waals surface area contributed by atoms with Crippen molar-refractivity contribution in [2.45, 2.75) is 51.1 Å². The van der Waals surface area contributed by atoms with E-state index in [0.717, 1.165) is 60.4 Å². The van der Waals surface area contributed by atoms with Crippen LogP contribution in [0.4, 0.5) is 11.9 Å². The number of anilines is 2. The molecule has 1 spiro atoms. The van der Waals surface area contributed by atoms with E-state index in [-0.39, 0.29) is 5.54 Å². The van der Waals surface area contributed by atoms with E-state index in [1.165, 1.54) is 12.8 Å². The normalized spacial score (nSPS) is 20.3. The number of para-hydroxylation sites is 1. The largest absolute Gasteiger partial charge is 0.350 e. The topological polar surface area (TPSA) is 88.2 Å². The Kier molecular flexibility index (Phi) is 5.21. The van der Waals surface area contributed by atoms with Crippen LogP contribution in [0.1, 0.15) is 50.2 Å². The van der Waals surface area contributed by atoms with Crippen LogP contribution in [0.5, 0.6) is 0 Å². The molecule has 1 atom stereocenters. The predicted octanol–water partition coefficient (Wildman–Crippen LogP) is 3.38. The van der Waals surface area contributed by atoms with Crippen LogP contribution in [0.25, 0.3) is 11.3 Å². The Labute approximate surface area is 199 Å². The van der Waals surface area contributed by atoms with E-state index < -0.39 is 0 Å². The quantitative estimate of drug-likeness (QED) is 0.459. The van der Waals surface area contributed by atoms with Gasteiger partial charge in [-0.1, -0.05) is 32.0 Å². The lowest BCUT2D eigenvalue weighted by Gasteiger charge is -2.34. The molecule has 0 radical (unpaired) electrons. The van der Waals surface area contributed by atoms with Gasteiger partial charge in [0.05, 0.1) is 17.4 Å². The molecule has 9 nitrogen and oxygen atoms in total. The number of fused-ring (bicyclic) bond motifs is 1. The first-order valence-corrected chi connectivity index (χ1v) is 12.2. The lowest BCUT2D eigenvalue weighted by Crippen LogP contribution is -2.46. The second kappa shape index (κ2) is 8.39. The van der Waals surface area contributed by atoms with Crippen molar-refractivity contribution >= 4 is 17.5 Å². The van der Waals surface area contributed by atoms with E-state index in [1.54, 1.807) is 6.20 Å². The fourth-order valence-electron chi connectivity index (χ4n) is 5.42. The Morgan fingerprint density at radius 3 is 2.82 bits per heavy atom. The van der Waals surface area contributed by atoms with Crippen LogP contribution < -0.4 is 15.5 Å². The molecule has 9 heteroatoms. The molecule has 4 aromatic rings. The van der Waals surface area contributed by atoms with Crippen LogP contribution in [0, 0.1) is 0 Å². The highest BCUT2D eigenvalue weighted by atomic mass is 15.4. The van der Waals surface area contributed by atoms with Gasteiger partial charge < -0.3 is 15.5 Å². The molecule has 0 amide bonds. The summed E-state index contributed by atoms with van der Waals surface area (Å²) in [7, 11) is 0. The summed E-state index contributed by atoms with van der Waals surface area (Å²) < 4.78 is 3.74. The number of aromatic nitrogens is 6. The van der Waals surface area contributed by atoms with E-state index in [2.05, 4.69) is 57.8 Å². The number of hydrogen-bond donors (Lipinski definition) is 2. The third-order valence-corrected chi connectivity index (χ3v) is 7.24. The Hall–Kier alpha value is -3.46. The zero-order chi connectivity index (χ0) is 23.1. The van der Waals surface area contributed by atoms with Crippen LogP contribution in [0.15, 0.2) is 48.9 Å². The van der Waals surface area contributed by atoms with Gasteiger partial charge in [-0.25, -0.2) is 4.68 Å². The molecule has 2 saturated heterocycles. The average molecular weight is 458 g/mol. The summed E-state index contributed by atoms with van der Waals surface area (Å²) in [5, 5.41) is 16.2. The third kappa shape index (κ3) is 3.51. The average Bonchev–Trinajstić information content (AvgIpc) is 3.65. The lowest BCUT2D eigenvalue weighted by molar-refractivity contribution is 0.460. The lowest BCUT2D eigenvalue weighted by atomic mass is 9.95. The summed E-state index contributed by atoms with van der Waals surface area (Å²) in [5.41, 5.74) is 4.33. The standard InChI is InChI=1S/C25H31N9/c1-18(2)20-16-29-34-22(20)30-24(32-13-5-9-25(32)10-12-26-17-25)31-23(34)27-15-19-7-3-4-8-21(19)33-14-6-11-28-33/h3-4,6-8,11,14,16,18,26H,5,9-10,12-13,15,17H2,1-2H3,(H,27,30,31). The highest BCUT2D eigenvalue weighted by molar-refractivity contribution is 5.57. The van der Waals surface area contributed by atoms with Crippen molar-refractivity contribution < 1.29 is 0 Å². The summed E-state index contributed by atoms with van der Waals surface area (Å²) in [6.45, 7) is 8.01. The monoisotopic (exact) mass is 457 g/mol. The van der Waals surface area contributed by atoms with E-state index >= 15 is 0 Å². The van der Waals surface area contributed by atoms with Gasteiger partial charge in [-0.2, -0.15) is 24.7 Å². The Morgan fingerprint density at radius 2 is 2.03 bits per heavy atom. The Balaban J connectivity index is 1.39. The molecule has 3 aromatic heterocycles. The van der Waals surface area contributed by atoms with Gasteiger partial charge in [0.1, 0.15) is 0 Å². The van der Waals surface area contributed by atoms with Crippen LogP contribution in [0.2, 0.25) is 0 Å². The number of nitrogens with zero attached hydrogens (tertiary/aromatic N) is 7. The summed E-state index contributed by atoms with van der Waals surface area (Å²) in [5.74, 6) is 1.85. The molecule has 2 N–H and O–H groups in total. The molecule has 5 heterocycles. The minimum atomic E-state index is 0.125. The zero-order valence-electron chi connectivity index (χ0n) is 19.8. The molecule has 2 aliphatic heterocycles. The second-order valence-corrected chi connectivity index (χ2v) is 9.68. The van der Waals surface area contributed by atoms with Crippen molar-refractivity contribution in [3.8, 4) is 5.69 Å². The van der Waals surface area contributed by atoms with Crippen LogP contribution >= 0.6 is 0 Å². The molecule has 0 saturated carbocycles. The highest BCUT2D eigenvalue weighted by Crippen LogP contribution is 2.37. The van der Waals surface area contributed by atoms with Crippen LogP contribution in [-0.2, 0) is 6.54 Å². The molecule has 1 unspecified atom stereocenters.